The first-order chi connectivity index (χ1) is 11.2. The van der Waals surface area contributed by atoms with Crippen LogP contribution < -0.4 is 16.0 Å². The Labute approximate surface area is 132 Å². The Hall–Kier alpha value is -3.25. The van der Waals surface area contributed by atoms with Crippen LogP contribution in [0.3, 0.4) is 0 Å². The van der Waals surface area contributed by atoms with E-state index in [1.54, 1.807) is 24.3 Å². The zero-order valence-corrected chi connectivity index (χ0v) is 12.3. The van der Waals surface area contributed by atoms with Crippen LogP contribution in [0, 0.1) is 28.6 Å². The summed E-state index contributed by atoms with van der Waals surface area (Å²) in [5.74, 6) is 1.04. The van der Waals surface area contributed by atoms with Gasteiger partial charge in [0.1, 0.15) is 34.8 Å². The molecule has 0 radical (unpaired) electrons. The number of nitrogens with two attached hydrogens (primary N) is 1. The third-order valence-electron chi connectivity index (χ3n) is 3.80. The number of H-pyrrole nitrogens is 1. The number of aromatic amines is 1. The van der Waals surface area contributed by atoms with Crippen molar-refractivity contribution < 1.29 is 4.74 Å². The van der Waals surface area contributed by atoms with Gasteiger partial charge in [0.25, 0.3) is 5.56 Å². The molecule has 6 heteroatoms. The molecule has 1 aliphatic rings. The number of pyridine rings is 1. The van der Waals surface area contributed by atoms with Crippen LogP contribution in [0.1, 0.15) is 24.0 Å². The predicted octanol–water partition coefficient (Wildman–Crippen LogP) is 2.16. The fourth-order valence-electron chi connectivity index (χ4n) is 2.40. The molecule has 6 nitrogen and oxygen atoms in total. The lowest BCUT2D eigenvalue weighted by atomic mass is 9.96. The minimum Gasteiger partial charge on any atom is -0.493 e. The topological polar surface area (TPSA) is 116 Å². The molecule has 1 aromatic heterocycles. The summed E-state index contributed by atoms with van der Waals surface area (Å²) in [5.41, 5.74) is 5.82. The van der Waals surface area contributed by atoms with Crippen molar-refractivity contribution in [3.8, 4) is 29.0 Å². The second kappa shape index (κ2) is 5.86. The molecule has 0 amide bonds. The predicted molar refractivity (Wildman–Crippen MR) is 84.6 cm³/mol. The third-order valence-corrected chi connectivity index (χ3v) is 3.80. The van der Waals surface area contributed by atoms with Crippen molar-refractivity contribution in [1.29, 1.82) is 10.5 Å². The van der Waals surface area contributed by atoms with Gasteiger partial charge in [0, 0.05) is 11.1 Å². The van der Waals surface area contributed by atoms with E-state index >= 15 is 0 Å². The summed E-state index contributed by atoms with van der Waals surface area (Å²) >= 11 is 0. The third kappa shape index (κ3) is 2.75. The summed E-state index contributed by atoms with van der Waals surface area (Å²) in [5, 5.41) is 18.7. The van der Waals surface area contributed by atoms with Gasteiger partial charge in [0.2, 0.25) is 0 Å². The summed E-state index contributed by atoms with van der Waals surface area (Å²) in [6, 6.07) is 10.9. The molecule has 1 fully saturated rings. The molecule has 1 aromatic carbocycles. The largest absolute Gasteiger partial charge is 0.493 e. The van der Waals surface area contributed by atoms with E-state index in [0.29, 0.717) is 23.8 Å². The number of hydrogen-bond donors (Lipinski definition) is 2. The van der Waals surface area contributed by atoms with Gasteiger partial charge in [-0.2, -0.15) is 10.5 Å². The molecule has 0 atom stereocenters. The number of nitrogens with one attached hydrogen (secondary N) is 1. The van der Waals surface area contributed by atoms with Gasteiger partial charge in [-0.05, 0) is 24.8 Å². The maximum Gasteiger partial charge on any atom is 0.268 e. The van der Waals surface area contributed by atoms with E-state index < -0.39 is 5.56 Å². The smallest absolute Gasteiger partial charge is 0.268 e. The lowest BCUT2D eigenvalue weighted by Gasteiger charge is -2.14. The molecule has 23 heavy (non-hydrogen) atoms. The van der Waals surface area contributed by atoms with E-state index in [4.69, 9.17) is 10.5 Å². The highest BCUT2D eigenvalue weighted by Crippen LogP contribution is 2.36. The Kier molecular flexibility index (Phi) is 3.74. The Bertz CT molecular complexity index is 898. The van der Waals surface area contributed by atoms with E-state index in [1.165, 1.54) is 0 Å². The summed E-state index contributed by atoms with van der Waals surface area (Å²) in [4.78, 5) is 14.3. The van der Waals surface area contributed by atoms with E-state index in [1.807, 2.05) is 12.1 Å². The van der Waals surface area contributed by atoms with Gasteiger partial charge in [0.05, 0.1) is 6.61 Å². The average Bonchev–Trinajstić information content (AvgIpc) is 3.37. The van der Waals surface area contributed by atoms with Crippen LogP contribution in [0.2, 0.25) is 0 Å². The van der Waals surface area contributed by atoms with Crippen molar-refractivity contribution in [3.63, 3.8) is 0 Å². The minimum absolute atomic E-state index is 0.0523. The maximum atomic E-state index is 12.0. The lowest BCUT2D eigenvalue weighted by molar-refractivity contribution is 0.301. The molecule has 0 spiro atoms. The lowest BCUT2D eigenvalue weighted by Crippen LogP contribution is -2.16. The molecule has 2 aromatic rings. The highest BCUT2D eigenvalue weighted by Gasteiger charge is 2.24. The first-order valence-electron chi connectivity index (χ1n) is 7.23. The van der Waals surface area contributed by atoms with Gasteiger partial charge in [0.15, 0.2) is 0 Å². The summed E-state index contributed by atoms with van der Waals surface area (Å²) in [6.45, 7) is 0.583. The highest BCUT2D eigenvalue weighted by molar-refractivity contribution is 5.83. The standard InChI is InChI=1S/C17H14N4O2/c18-7-12-15(13(8-19)17(22)21-16(12)20)11-3-1-2-4-14(11)23-9-10-5-6-10/h1-4,10H,5-6,9H2,(H3,20,21,22). The molecule has 0 aliphatic heterocycles. The number of ether oxygens (including phenoxy) is 1. The molecular formula is C17H14N4O2. The van der Waals surface area contributed by atoms with Crippen LogP contribution in [0.25, 0.3) is 11.1 Å². The zero-order valence-electron chi connectivity index (χ0n) is 12.3. The number of para-hydroxylation sites is 1. The van der Waals surface area contributed by atoms with Crippen molar-refractivity contribution in [2.75, 3.05) is 12.3 Å². The number of nitrogens with zero attached hydrogens (tertiary/aromatic N) is 2. The second-order valence-corrected chi connectivity index (χ2v) is 5.47. The molecule has 1 aliphatic carbocycles. The summed E-state index contributed by atoms with van der Waals surface area (Å²) < 4.78 is 5.82. The van der Waals surface area contributed by atoms with Gasteiger partial charge in [-0.1, -0.05) is 18.2 Å². The van der Waals surface area contributed by atoms with E-state index in [9.17, 15) is 15.3 Å². The van der Waals surface area contributed by atoms with Crippen molar-refractivity contribution in [2.24, 2.45) is 5.92 Å². The SMILES string of the molecule is N#Cc1c(N)[nH]c(=O)c(C#N)c1-c1ccccc1OCC1CC1. The van der Waals surface area contributed by atoms with Gasteiger partial charge < -0.3 is 15.5 Å². The van der Waals surface area contributed by atoms with Crippen molar-refractivity contribution in [1.82, 2.24) is 4.98 Å². The van der Waals surface area contributed by atoms with Crippen LogP contribution in [0.15, 0.2) is 29.1 Å². The fourth-order valence-corrected chi connectivity index (χ4v) is 2.40. The maximum absolute atomic E-state index is 12.0. The number of anilines is 1. The van der Waals surface area contributed by atoms with Crippen LogP contribution in [-0.4, -0.2) is 11.6 Å². The Balaban J connectivity index is 2.20. The quantitative estimate of drug-likeness (QED) is 0.897. The molecule has 0 unspecified atom stereocenters. The minimum atomic E-state index is -0.615. The van der Waals surface area contributed by atoms with Crippen LogP contribution in [0.4, 0.5) is 5.82 Å². The first-order valence-corrected chi connectivity index (χ1v) is 7.23. The molecular weight excluding hydrogens is 292 g/mol. The average molecular weight is 306 g/mol. The molecule has 0 bridgehead atoms. The Morgan fingerprint density at radius 2 is 1.91 bits per heavy atom. The number of nitriles is 2. The van der Waals surface area contributed by atoms with Crippen molar-refractivity contribution >= 4 is 5.82 Å². The van der Waals surface area contributed by atoms with Crippen molar-refractivity contribution in [3.05, 3.63) is 45.7 Å². The monoisotopic (exact) mass is 306 g/mol. The number of rotatable bonds is 4. The van der Waals surface area contributed by atoms with Gasteiger partial charge in [-0.3, -0.25) is 4.79 Å². The van der Waals surface area contributed by atoms with Crippen LogP contribution in [-0.2, 0) is 0 Å². The molecule has 0 saturated heterocycles. The Morgan fingerprint density at radius 3 is 2.57 bits per heavy atom. The fraction of sp³-hybridized carbons (Fsp3) is 0.235. The van der Waals surface area contributed by atoms with Crippen LogP contribution in [0.5, 0.6) is 5.75 Å². The summed E-state index contributed by atoms with van der Waals surface area (Å²) in [6.07, 6.45) is 2.29. The zero-order chi connectivity index (χ0) is 16.4. The van der Waals surface area contributed by atoms with Gasteiger partial charge in [-0.15, -0.1) is 0 Å². The molecule has 3 N–H and O–H groups in total. The Morgan fingerprint density at radius 1 is 1.22 bits per heavy atom. The van der Waals surface area contributed by atoms with Gasteiger partial charge in [-0.25, -0.2) is 0 Å². The highest BCUT2D eigenvalue weighted by atomic mass is 16.5. The first kappa shape index (κ1) is 14.7. The number of benzene rings is 1. The normalized spacial score (nSPS) is 13.1. The van der Waals surface area contributed by atoms with Crippen molar-refractivity contribution in [2.45, 2.75) is 12.8 Å². The van der Waals surface area contributed by atoms with Crippen LogP contribution >= 0.6 is 0 Å². The number of nitrogen functional groups attached to an aromatic ring is 1. The number of aromatic nitrogens is 1. The van der Waals surface area contributed by atoms with E-state index in [0.717, 1.165) is 12.8 Å². The molecule has 1 saturated carbocycles. The van der Waals surface area contributed by atoms with Gasteiger partial charge >= 0.3 is 0 Å². The summed E-state index contributed by atoms with van der Waals surface area (Å²) in [7, 11) is 0. The second-order valence-electron chi connectivity index (χ2n) is 5.47. The van der Waals surface area contributed by atoms with E-state index in [2.05, 4.69) is 4.98 Å². The number of hydrogen-bond acceptors (Lipinski definition) is 5. The van der Waals surface area contributed by atoms with E-state index in [-0.39, 0.29) is 22.5 Å². The molecule has 114 valence electrons. The molecule has 1 heterocycles. The molecule has 3 rings (SSSR count).